The van der Waals surface area contributed by atoms with Crippen LogP contribution >= 0.6 is 0 Å². The van der Waals surface area contributed by atoms with Crippen molar-refractivity contribution in [1.29, 1.82) is 0 Å². The van der Waals surface area contributed by atoms with Gasteiger partial charge in [0.2, 0.25) is 0 Å². The number of aliphatic hydroxyl groups is 1. The molecule has 0 saturated heterocycles. The molecule has 0 aromatic heterocycles. The molecule has 1 aromatic rings. The molecular weight excluding hydrogens is 172 g/mol. The van der Waals surface area contributed by atoms with Gasteiger partial charge >= 0.3 is 0 Å². The molecule has 0 aliphatic carbocycles. The summed E-state index contributed by atoms with van der Waals surface area (Å²) in [5.74, 6) is 0.0639. The zero-order valence-electron chi connectivity index (χ0n) is 7.53. The first-order chi connectivity index (χ1) is 6.22. The summed E-state index contributed by atoms with van der Waals surface area (Å²) in [6, 6.07) is 2.98. The normalized spacial score (nSPS) is 9.77. The molecule has 0 atom stereocenters. The molecule has 1 radical (unpaired) electrons. The number of ether oxygens (including phenoxy) is 2. The summed E-state index contributed by atoms with van der Waals surface area (Å²) >= 11 is 0. The zero-order valence-corrected chi connectivity index (χ0v) is 7.53. The number of benzene rings is 1. The second-order valence-corrected chi connectivity index (χ2v) is 2.49. The average Bonchev–Trinajstić information content (AvgIpc) is 2.18. The van der Waals surface area contributed by atoms with Gasteiger partial charge in [-0.05, 0) is 17.7 Å². The van der Waals surface area contributed by atoms with Crippen molar-refractivity contribution in [1.82, 2.24) is 0 Å². The highest BCUT2D eigenvalue weighted by Gasteiger charge is 2.12. The minimum Gasteiger partial charge on any atom is -0.492 e. The second kappa shape index (κ2) is 4.00. The van der Waals surface area contributed by atoms with Crippen molar-refractivity contribution < 1.29 is 19.7 Å². The van der Waals surface area contributed by atoms with Crippen molar-refractivity contribution in [3.05, 3.63) is 17.7 Å². The van der Waals surface area contributed by atoms with E-state index in [0.717, 1.165) is 0 Å². The number of methoxy groups -OCH3 is 2. The Labute approximate surface area is 76.3 Å². The monoisotopic (exact) mass is 183 g/mol. The van der Waals surface area contributed by atoms with Gasteiger partial charge in [0, 0.05) is 0 Å². The third kappa shape index (κ3) is 1.84. The topological polar surface area (TPSA) is 58.6 Å². The Balaban J connectivity index is 3.20. The van der Waals surface area contributed by atoms with E-state index in [9.17, 15) is 5.11 Å². The zero-order chi connectivity index (χ0) is 9.84. The molecular formula is C9H11O4. The Morgan fingerprint density at radius 2 is 1.69 bits per heavy atom. The van der Waals surface area contributed by atoms with Crippen LogP contribution in [-0.4, -0.2) is 19.3 Å². The van der Waals surface area contributed by atoms with Crippen molar-refractivity contribution in [3.8, 4) is 17.2 Å². The van der Waals surface area contributed by atoms with Crippen LogP contribution in [-0.2, 0) is 11.7 Å². The van der Waals surface area contributed by atoms with E-state index in [2.05, 4.69) is 0 Å². The highest BCUT2D eigenvalue weighted by atomic mass is 16.5. The third-order valence-corrected chi connectivity index (χ3v) is 1.70. The first-order valence-electron chi connectivity index (χ1n) is 3.75. The van der Waals surface area contributed by atoms with Gasteiger partial charge in [-0.25, -0.2) is 0 Å². The molecule has 71 valence electrons. The summed E-state index contributed by atoms with van der Waals surface area (Å²) in [4.78, 5) is 0. The molecule has 0 aliphatic heterocycles. The van der Waals surface area contributed by atoms with Crippen LogP contribution in [0, 0.1) is 0 Å². The SMILES string of the molecule is COc1cc(CO)cc(OC)c1[O]. The van der Waals surface area contributed by atoms with E-state index < -0.39 is 0 Å². The Kier molecular flexibility index (Phi) is 2.97. The average molecular weight is 183 g/mol. The van der Waals surface area contributed by atoms with E-state index in [-0.39, 0.29) is 23.9 Å². The molecule has 0 heterocycles. The molecule has 0 spiro atoms. The van der Waals surface area contributed by atoms with E-state index in [1.54, 1.807) is 0 Å². The Morgan fingerprint density at radius 1 is 1.23 bits per heavy atom. The van der Waals surface area contributed by atoms with E-state index >= 15 is 0 Å². The molecule has 1 N–H and O–H groups in total. The standard InChI is InChI=1S/C9H11O4/c1-12-7-3-6(5-10)4-8(13-2)9(7)11/h3-4,10H,5H2,1-2H3. The lowest BCUT2D eigenvalue weighted by molar-refractivity contribution is 0.271. The Morgan fingerprint density at radius 3 is 2.00 bits per heavy atom. The molecule has 0 unspecified atom stereocenters. The number of hydrogen-bond donors (Lipinski definition) is 1. The molecule has 4 heteroatoms. The largest absolute Gasteiger partial charge is 0.492 e. The maximum absolute atomic E-state index is 11.4. The van der Waals surface area contributed by atoms with Crippen LogP contribution in [0.1, 0.15) is 5.56 Å². The van der Waals surface area contributed by atoms with Crippen molar-refractivity contribution in [3.63, 3.8) is 0 Å². The van der Waals surface area contributed by atoms with Gasteiger partial charge in [-0.2, -0.15) is 0 Å². The number of hydrogen-bond acceptors (Lipinski definition) is 3. The van der Waals surface area contributed by atoms with Crippen molar-refractivity contribution >= 4 is 0 Å². The lowest BCUT2D eigenvalue weighted by Crippen LogP contribution is -1.91. The summed E-state index contributed by atoms with van der Waals surface area (Å²) in [7, 11) is 2.80. The van der Waals surface area contributed by atoms with Crippen LogP contribution in [0.25, 0.3) is 0 Å². The first kappa shape index (κ1) is 9.67. The highest BCUT2D eigenvalue weighted by molar-refractivity contribution is 5.52. The minimum atomic E-state index is -0.304. The fourth-order valence-corrected chi connectivity index (χ4v) is 1.03. The van der Waals surface area contributed by atoms with Gasteiger partial charge in [0.25, 0.3) is 5.75 Å². The van der Waals surface area contributed by atoms with Crippen LogP contribution in [0.3, 0.4) is 0 Å². The van der Waals surface area contributed by atoms with Crippen LogP contribution < -0.4 is 9.47 Å². The molecule has 0 amide bonds. The predicted molar refractivity (Wildman–Crippen MR) is 45.6 cm³/mol. The number of rotatable bonds is 3. The van der Waals surface area contributed by atoms with Gasteiger partial charge in [-0.15, -0.1) is 0 Å². The number of aliphatic hydroxyl groups excluding tert-OH is 1. The summed E-state index contributed by atoms with van der Waals surface area (Å²) in [6.07, 6.45) is 0. The van der Waals surface area contributed by atoms with Gasteiger partial charge < -0.3 is 14.6 Å². The molecule has 0 aliphatic rings. The summed E-state index contributed by atoms with van der Waals surface area (Å²) in [6.45, 7) is -0.146. The molecule has 0 saturated carbocycles. The Bertz CT molecular complexity index is 271. The van der Waals surface area contributed by atoms with E-state index in [4.69, 9.17) is 14.6 Å². The van der Waals surface area contributed by atoms with E-state index in [1.807, 2.05) is 0 Å². The third-order valence-electron chi connectivity index (χ3n) is 1.70. The van der Waals surface area contributed by atoms with Gasteiger partial charge in [0.15, 0.2) is 11.5 Å². The lowest BCUT2D eigenvalue weighted by atomic mass is 10.2. The fourth-order valence-electron chi connectivity index (χ4n) is 1.03. The first-order valence-corrected chi connectivity index (χ1v) is 3.75. The molecule has 13 heavy (non-hydrogen) atoms. The fraction of sp³-hybridized carbons (Fsp3) is 0.333. The smallest absolute Gasteiger partial charge is 0.261 e. The van der Waals surface area contributed by atoms with Gasteiger partial charge in [-0.3, -0.25) is 5.11 Å². The van der Waals surface area contributed by atoms with Crippen LogP contribution in [0.2, 0.25) is 0 Å². The van der Waals surface area contributed by atoms with Crippen LogP contribution in [0.5, 0.6) is 17.2 Å². The van der Waals surface area contributed by atoms with E-state index in [1.165, 1.54) is 26.4 Å². The quantitative estimate of drug-likeness (QED) is 0.769. The molecule has 4 nitrogen and oxygen atoms in total. The molecule has 1 aromatic carbocycles. The van der Waals surface area contributed by atoms with Crippen molar-refractivity contribution in [2.24, 2.45) is 0 Å². The minimum absolute atomic E-state index is 0.146. The van der Waals surface area contributed by atoms with Gasteiger partial charge in [0.1, 0.15) is 0 Å². The summed E-state index contributed by atoms with van der Waals surface area (Å²) in [5.41, 5.74) is 0.591. The molecule has 0 fully saturated rings. The highest BCUT2D eigenvalue weighted by Crippen LogP contribution is 2.37. The van der Waals surface area contributed by atoms with E-state index in [0.29, 0.717) is 5.56 Å². The summed E-state index contributed by atoms with van der Waals surface area (Å²) < 4.78 is 9.65. The van der Waals surface area contributed by atoms with Crippen molar-refractivity contribution in [2.45, 2.75) is 6.61 Å². The Hall–Kier alpha value is -1.42. The van der Waals surface area contributed by atoms with Gasteiger partial charge in [-0.1, -0.05) is 0 Å². The van der Waals surface area contributed by atoms with Gasteiger partial charge in [0.05, 0.1) is 20.8 Å². The molecule has 0 bridgehead atoms. The molecule has 1 rings (SSSR count). The second-order valence-electron chi connectivity index (χ2n) is 2.49. The maximum Gasteiger partial charge on any atom is 0.261 e. The predicted octanol–water partition coefficient (Wildman–Crippen LogP) is 1.34. The summed E-state index contributed by atoms with van der Waals surface area (Å²) in [5, 5.41) is 20.2. The maximum atomic E-state index is 11.4. The van der Waals surface area contributed by atoms with Crippen LogP contribution in [0.15, 0.2) is 12.1 Å². The lowest BCUT2D eigenvalue weighted by Gasteiger charge is -2.07. The van der Waals surface area contributed by atoms with Crippen molar-refractivity contribution in [2.75, 3.05) is 14.2 Å². The van der Waals surface area contributed by atoms with Crippen LogP contribution in [0.4, 0.5) is 0 Å².